The van der Waals surface area contributed by atoms with Gasteiger partial charge >= 0.3 is 0 Å². The van der Waals surface area contributed by atoms with Gasteiger partial charge in [0.15, 0.2) is 0 Å². The fraction of sp³-hybridized carbons (Fsp3) is 0.174. The molecule has 27 heavy (non-hydrogen) atoms. The number of aliphatic imine (C=N–C) groups is 1. The molecule has 1 aliphatic rings. The van der Waals surface area contributed by atoms with Gasteiger partial charge in [-0.25, -0.2) is 4.99 Å². The Hall–Kier alpha value is -3.63. The molecule has 0 N–H and O–H groups in total. The van der Waals surface area contributed by atoms with Crippen LogP contribution in [-0.2, 0) is 5.41 Å². The number of hydrogen-bond acceptors (Lipinski definition) is 4. The lowest BCUT2D eigenvalue weighted by molar-refractivity contribution is 0.640. The van der Waals surface area contributed by atoms with Gasteiger partial charge in [-0.3, -0.25) is 0 Å². The van der Waals surface area contributed by atoms with E-state index in [0.29, 0.717) is 5.70 Å². The zero-order chi connectivity index (χ0) is 19.4. The first-order valence-electron chi connectivity index (χ1n) is 8.69. The van der Waals surface area contributed by atoms with Crippen molar-refractivity contribution in [3.05, 3.63) is 83.6 Å². The molecule has 132 valence electrons. The van der Waals surface area contributed by atoms with Crippen LogP contribution in [0.5, 0.6) is 0 Å². The number of hydrogen-bond donors (Lipinski definition) is 0. The molecule has 0 aromatic heterocycles. The molecule has 0 spiro atoms. The van der Waals surface area contributed by atoms with Crippen LogP contribution in [0.1, 0.15) is 25.0 Å². The summed E-state index contributed by atoms with van der Waals surface area (Å²) >= 11 is 0. The Balaban J connectivity index is 2.11. The zero-order valence-electron chi connectivity index (χ0n) is 15.6. The number of fused-ring (bicyclic) bond motifs is 1. The van der Waals surface area contributed by atoms with Gasteiger partial charge in [-0.1, -0.05) is 62.4 Å². The van der Waals surface area contributed by atoms with Crippen LogP contribution in [-0.4, -0.2) is 12.8 Å². The van der Waals surface area contributed by atoms with Gasteiger partial charge in [0.1, 0.15) is 12.1 Å². The first-order valence-corrected chi connectivity index (χ1v) is 8.69. The van der Waals surface area contributed by atoms with Gasteiger partial charge < -0.3 is 4.90 Å². The van der Waals surface area contributed by atoms with Gasteiger partial charge in [0.05, 0.1) is 5.70 Å². The van der Waals surface area contributed by atoms with E-state index in [2.05, 4.69) is 49.0 Å². The maximum Gasteiger partial charge on any atom is 0.218 e. The summed E-state index contributed by atoms with van der Waals surface area (Å²) < 4.78 is 0. The molecule has 3 rings (SSSR count). The summed E-state index contributed by atoms with van der Waals surface area (Å²) in [7, 11) is 2.05. The molecular weight excluding hydrogens is 332 g/mol. The average molecular weight is 352 g/mol. The molecule has 4 nitrogen and oxygen atoms in total. The Morgan fingerprint density at radius 2 is 1.63 bits per heavy atom. The molecule has 0 saturated heterocycles. The third-order valence-electron chi connectivity index (χ3n) is 4.85. The van der Waals surface area contributed by atoms with Crippen molar-refractivity contribution in [3.63, 3.8) is 0 Å². The minimum absolute atomic E-state index is 0.152. The highest BCUT2D eigenvalue weighted by Gasteiger charge is 2.37. The quantitative estimate of drug-likeness (QED) is 0.743. The lowest BCUT2D eigenvalue weighted by Gasteiger charge is -2.23. The number of anilines is 1. The molecule has 0 radical (unpaired) electrons. The Morgan fingerprint density at radius 1 is 1.00 bits per heavy atom. The highest BCUT2D eigenvalue weighted by molar-refractivity contribution is 6.12. The molecule has 1 aliphatic heterocycles. The van der Waals surface area contributed by atoms with Crippen molar-refractivity contribution in [1.82, 2.24) is 0 Å². The van der Waals surface area contributed by atoms with Crippen molar-refractivity contribution in [2.75, 3.05) is 11.9 Å². The number of allylic oxidation sites excluding steroid dienone is 3. The van der Waals surface area contributed by atoms with E-state index in [1.807, 2.05) is 60.7 Å². The van der Waals surface area contributed by atoms with E-state index in [1.165, 1.54) is 11.3 Å². The number of benzene rings is 2. The van der Waals surface area contributed by atoms with Crippen LogP contribution in [0.4, 0.5) is 5.69 Å². The van der Waals surface area contributed by atoms with Gasteiger partial charge in [0.2, 0.25) is 5.71 Å². The van der Waals surface area contributed by atoms with Crippen LogP contribution in [0.3, 0.4) is 0 Å². The van der Waals surface area contributed by atoms with Crippen LogP contribution in [0.25, 0.3) is 5.70 Å². The van der Waals surface area contributed by atoms with E-state index in [9.17, 15) is 0 Å². The number of rotatable bonds is 3. The summed E-state index contributed by atoms with van der Waals surface area (Å²) in [4.78, 5) is 6.43. The molecule has 0 bridgehead atoms. The highest BCUT2D eigenvalue weighted by Crippen LogP contribution is 2.46. The first-order chi connectivity index (χ1) is 13.0. The van der Waals surface area contributed by atoms with Crippen molar-refractivity contribution >= 4 is 17.1 Å². The highest BCUT2D eigenvalue weighted by atomic mass is 15.2. The summed E-state index contributed by atoms with van der Waals surface area (Å²) in [5.41, 5.74) is 4.71. The maximum absolute atomic E-state index is 9.09. The molecule has 0 saturated carbocycles. The predicted octanol–water partition coefficient (Wildman–Crippen LogP) is 4.83. The minimum atomic E-state index is -0.161. The SMILES string of the molecule is CN1/C(=C/C=C(/N=C(C#N)C#N)c2ccccc2)C(C)(C)c2ccccc21. The van der Waals surface area contributed by atoms with Gasteiger partial charge in [-0.2, -0.15) is 10.5 Å². The summed E-state index contributed by atoms with van der Waals surface area (Å²) in [6, 6.07) is 21.6. The van der Waals surface area contributed by atoms with Crippen LogP contribution >= 0.6 is 0 Å². The van der Waals surface area contributed by atoms with Gasteiger partial charge in [-0.05, 0) is 23.8 Å². The van der Waals surface area contributed by atoms with Crippen molar-refractivity contribution in [2.45, 2.75) is 19.3 Å². The molecule has 0 atom stereocenters. The summed E-state index contributed by atoms with van der Waals surface area (Å²) in [5.74, 6) is 0. The lowest BCUT2D eigenvalue weighted by Crippen LogP contribution is -2.22. The first kappa shape index (κ1) is 18.2. The number of nitrogens with zero attached hydrogens (tertiary/aromatic N) is 4. The molecule has 2 aromatic carbocycles. The monoisotopic (exact) mass is 352 g/mol. The van der Waals surface area contributed by atoms with Crippen LogP contribution in [0, 0.1) is 22.7 Å². The fourth-order valence-electron chi connectivity index (χ4n) is 3.46. The van der Waals surface area contributed by atoms with Crippen molar-refractivity contribution in [3.8, 4) is 12.1 Å². The van der Waals surface area contributed by atoms with E-state index >= 15 is 0 Å². The molecule has 0 unspecified atom stereocenters. The van der Waals surface area contributed by atoms with Crippen molar-refractivity contribution in [1.29, 1.82) is 10.5 Å². The minimum Gasteiger partial charge on any atom is -0.347 e. The molecule has 2 aromatic rings. The van der Waals surface area contributed by atoms with E-state index in [4.69, 9.17) is 10.5 Å². The third kappa shape index (κ3) is 3.38. The summed E-state index contributed by atoms with van der Waals surface area (Å²) in [6.07, 6.45) is 3.90. The van der Waals surface area contributed by atoms with Gasteiger partial charge in [0, 0.05) is 29.4 Å². The Bertz CT molecular complexity index is 1010. The average Bonchev–Trinajstić information content (AvgIpc) is 2.89. The van der Waals surface area contributed by atoms with Crippen LogP contribution in [0.15, 0.2) is 77.4 Å². The normalized spacial score (nSPS) is 16.4. The number of likely N-dealkylation sites (N-methyl/N-ethyl adjacent to an activating group) is 1. The topological polar surface area (TPSA) is 63.2 Å². The molecule has 0 aliphatic carbocycles. The lowest BCUT2D eigenvalue weighted by atomic mass is 9.83. The summed E-state index contributed by atoms with van der Waals surface area (Å²) in [5, 5.41) is 18.2. The van der Waals surface area contributed by atoms with Gasteiger partial charge in [-0.15, -0.1) is 0 Å². The second-order valence-electron chi connectivity index (χ2n) is 6.86. The van der Waals surface area contributed by atoms with Gasteiger partial charge in [0.25, 0.3) is 0 Å². The zero-order valence-corrected chi connectivity index (χ0v) is 15.6. The predicted molar refractivity (Wildman–Crippen MR) is 109 cm³/mol. The molecule has 4 heteroatoms. The largest absolute Gasteiger partial charge is 0.347 e. The number of para-hydroxylation sites is 1. The maximum atomic E-state index is 9.09. The van der Waals surface area contributed by atoms with Crippen molar-refractivity contribution < 1.29 is 0 Å². The molecule has 1 heterocycles. The van der Waals surface area contributed by atoms with E-state index in [-0.39, 0.29) is 11.1 Å². The van der Waals surface area contributed by atoms with E-state index in [0.717, 1.165) is 11.3 Å². The number of nitriles is 2. The second kappa shape index (κ2) is 7.32. The molecule has 0 amide bonds. The smallest absolute Gasteiger partial charge is 0.218 e. The Labute approximate surface area is 160 Å². The second-order valence-corrected chi connectivity index (χ2v) is 6.86. The molecular formula is C23H20N4. The Morgan fingerprint density at radius 3 is 2.26 bits per heavy atom. The van der Waals surface area contributed by atoms with E-state index in [1.54, 1.807) is 0 Å². The fourth-order valence-corrected chi connectivity index (χ4v) is 3.46. The standard InChI is InChI=1S/C23H20N4/c1-23(2)19-11-7-8-12-21(19)27(3)22(23)14-13-20(26-18(15-24)16-25)17-9-5-4-6-10-17/h4-14H,1-3H3/b20-13+,22-14+. The van der Waals surface area contributed by atoms with Crippen molar-refractivity contribution in [2.24, 2.45) is 4.99 Å². The van der Waals surface area contributed by atoms with Crippen LogP contribution < -0.4 is 4.90 Å². The van der Waals surface area contributed by atoms with E-state index < -0.39 is 0 Å². The Kier molecular flexibility index (Phi) is 4.92. The summed E-state index contributed by atoms with van der Waals surface area (Å²) in [6.45, 7) is 4.38. The van der Waals surface area contributed by atoms with Crippen LogP contribution in [0.2, 0.25) is 0 Å². The third-order valence-corrected chi connectivity index (χ3v) is 4.85. The molecule has 0 fully saturated rings.